The summed E-state index contributed by atoms with van der Waals surface area (Å²) in [7, 11) is 1.61. The third-order valence-corrected chi connectivity index (χ3v) is 3.75. The molecule has 0 aliphatic heterocycles. The number of aliphatic carboxylic acids is 1. The molecule has 0 fully saturated rings. The highest BCUT2D eigenvalue weighted by Gasteiger charge is 2.21. The van der Waals surface area contributed by atoms with E-state index in [-0.39, 0.29) is 24.7 Å². The first-order valence-electron chi connectivity index (χ1n) is 7.79. The van der Waals surface area contributed by atoms with Crippen LogP contribution in [-0.4, -0.2) is 30.1 Å². The van der Waals surface area contributed by atoms with E-state index in [0.717, 1.165) is 17.7 Å². The molecule has 126 valence electrons. The minimum Gasteiger partial charge on any atom is -0.497 e. The third-order valence-electron chi connectivity index (χ3n) is 3.75. The molecule has 0 saturated carbocycles. The normalized spacial score (nSPS) is 13.5. The average molecular weight is 319 g/mol. The van der Waals surface area contributed by atoms with Crippen LogP contribution in [0.25, 0.3) is 0 Å². The number of carboxylic acid groups (broad SMARTS) is 1. The van der Waals surface area contributed by atoms with Gasteiger partial charge >= 0.3 is 5.97 Å². The molecule has 0 aromatic heterocycles. The van der Waals surface area contributed by atoms with E-state index in [1.54, 1.807) is 19.3 Å². The number of carbonyl (C=O) groups excluding carboxylic acids is 1. The van der Waals surface area contributed by atoms with Gasteiger partial charge in [0.2, 0.25) is 5.91 Å². The summed E-state index contributed by atoms with van der Waals surface area (Å²) >= 11 is 0. The van der Waals surface area contributed by atoms with Crippen molar-refractivity contribution in [3.8, 4) is 5.75 Å². The summed E-state index contributed by atoms with van der Waals surface area (Å²) in [4.78, 5) is 23.3. The molecule has 2 N–H and O–H groups in total. The van der Waals surface area contributed by atoms with Gasteiger partial charge in [-0.3, -0.25) is 4.79 Å². The molecule has 0 saturated heterocycles. The van der Waals surface area contributed by atoms with E-state index in [1.807, 2.05) is 38.1 Å². The maximum atomic E-state index is 12.2. The fourth-order valence-corrected chi connectivity index (χ4v) is 2.34. The summed E-state index contributed by atoms with van der Waals surface area (Å²) in [6.45, 7) is 3.83. The number of rotatable bonds is 9. The quantitative estimate of drug-likeness (QED) is 0.686. The Morgan fingerprint density at radius 2 is 1.96 bits per heavy atom. The zero-order chi connectivity index (χ0) is 17.2. The first-order chi connectivity index (χ1) is 11.0. The van der Waals surface area contributed by atoms with Crippen LogP contribution in [0.2, 0.25) is 0 Å². The maximum absolute atomic E-state index is 12.2. The van der Waals surface area contributed by atoms with Gasteiger partial charge in [-0.15, -0.1) is 0 Å². The van der Waals surface area contributed by atoms with Crippen LogP contribution >= 0.6 is 0 Å². The van der Waals surface area contributed by atoms with E-state index in [2.05, 4.69) is 5.32 Å². The monoisotopic (exact) mass is 319 g/mol. The molecule has 1 aromatic carbocycles. The molecule has 0 radical (unpaired) electrons. The lowest BCUT2D eigenvalue weighted by Gasteiger charge is -2.18. The average Bonchev–Trinajstić information content (AvgIpc) is 2.56. The van der Waals surface area contributed by atoms with Crippen molar-refractivity contribution in [3.05, 3.63) is 42.0 Å². The minimum atomic E-state index is -1.02. The third kappa shape index (κ3) is 6.14. The summed E-state index contributed by atoms with van der Waals surface area (Å²) in [5.41, 5.74) is 1.05. The van der Waals surface area contributed by atoms with Gasteiger partial charge in [0.15, 0.2) is 0 Å². The number of carboxylic acids is 1. The highest BCUT2D eigenvalue weighted by molar-refractivity contribution is 5.84. The zero-order valence-electron chi connectivity index (χ0n) is 13.9. The molecule has 0 aliphatic carbocycles. The predicted octanol–water partition coefficient (Wildman–Crippen LogP) is 3.11. The molecule has 1 amide bonds. The van der Waals surface area contributed by atoms with Crippen LogP contribution in [0.4, 0.5) is 0 Å². The van der Waals surface area contributed by atoms with Crippen molar-refractivity contribution in [2.75, 3.05) is 7.11 Å². The van der Waals surface area contributed by atoms with E-state index < -0.39 is 12.0 Å². The van der Waals surface area contributed by atoms with Crippen molar-refractivity contribution in [1.29, 1.82) is 0 Å². The Morgan fingerprint density at radius 3 is 2.43 bits per heavy atom. The number of hydrogen-bond acceptors (Lipinski definition) is 3. The summed E-state index contributed by atoms with van der Waals surface area (Å²) < 4.78 is 5.13. The number of nitrogens with one attached hydrogen (secondary N) is 1. The van der Waals surface area contributed by atoms with Gasteiger partial charge in [-0.25, -0.2) is 4.79 Å². The Labute approximate surface area is 137 Å². The fraction of sp³-hybridized carbons (Fsp3) is 0.444. The molecule has 23 heavy (non-hydrogen) atoms. The number of carbonyl (C=O) groups is 2. The summed E-state index contributed by atoms with van der Waals surface area (Å²) in [5.74, 6) is -0.444. The van der Waals surface area contributed by atoms with Gasteiger partial charge in [0.1, 0.15) is 11.8 Å². The summed E-state index contributed by atoms with van der Waals surface area (Å²) in [6, 6.07) is 6.72. The second-order valence-electron chi connectivity index (χ2n) is 5.35. The van der Waals surface area contributed by atoms with Crippen molar-refractivity contribution in [3.63, 3.8) is 0 Å². The van der Waals surface area contributed by atoms with Gasteiger partial charge in [-0.1, -0.05) is 31.2 Å². The highest BCUT2D eigenvalue weighted by Crippen LogP contribution is 2.25. The molecular formula is C18H25NO4. The van der Waals surface area contributed by atoms with Crippen molar-refractivity contribution in [2.45, 2.75) is 45.1 Å². The zero-order valence-corrected chi connectivity index (χ0v) is 13.9. The van der Waals surface area contributed by atoms with E-state index >= 15 is 0 Å². The Hall–Kier alpha value is -2.30. The van der Waals surface area contributed by atoms with E-state index in [4.69, 9.17) is 9.84 Å². The number of hydrogen-bond donors (Lipinski definition) is 2. The molecule has 0 aliphatic rings. The lowest BCUT2D eigenvalue weighted by molar-refractivity contribution is -0.141. The van der Waals surface area contributed by atoms with Crippen molar-refractivity contribution in [1.82, 2.24) is 5.32 Å². The molecule has 1 aromatic rings. The molecule has 5 heteroatoms. The molecule has 2 unspecified atom stereocenters. The smallest absolute Gasteiger partial charge is 0.326 e. The van der Waals surface area contributed by atoms with Crippen LogP contribution in [0.15, 0.2) is 36.4 Å². The molecular weight excluding hydrogens is 294 g/mol. The second kappa shape index (κ2) is 9.66. The van der Waals surface area contributed by atoms with Crippen LogP contribution in [0.1, 0.15) is 44.6 Å². The summed E-state index contributed by atoms with van der Waals surface area (Å²) in [5, 5.41) is 11.7. The molecule has 1 rings (SSSR count). The number of allylic oxidation sites excluding steroid dienone is 1. The number of ether oxygens (including phenoxy) is 1. The van der Waals surface area contributed by atoms with Crippen molar-refractivity contribution in [2.24, 2.45) is 0 Å². The van der Waals surface area contributed by atoms with Crippen LogP contribution in [0.5, 0.6) is 5.75 Å². The van der Waals surface area contributed by atoms with Crippen LogP contribution in [-0.2, 0) is 9.59 Å². The highest BCUT2D eigenvalue weighted by atomic mass is 16.5. The molecule has 0 heterocycles. The Balaban J connectivity index is 2.69. The Kier molecular flexibility index (Phi) is 7.88. The van der Waals surface area contributed by atoms with Crippen LogP contribution in [0.3, 0.4) is 0 Å². The van der Waals surface area contributed by atoms with Gasteiger partial charge in [0.05, 0.1) is 7.11 Å². The van der Waals surface area contributed by atoms with Gasteiger partial charge in [0.25, 0.3) is 0 Å². The minimum absolute atomic E-state index is 0.0528. The van der Waals surface area contributed by atoms with E-state index in [1.165, 1.54) is 0 Å². The van der Waals surface area contributed by atoms with Gasteiger partial charge < -0.3 is 15.2 Å². The summed E-state index contributed by atoms with van der Waals surface area (Å²) in [6.07, 6.45) is 4.86. The number of benzene rings is 1. The SMILES string of the molecule is C/C=C/CC(NC(=O)CC(CC)c1ccc(OC)cc1)C(=O)O. The molecule has 0 bridgehead atoms. The lowest BCUT2D eigenvalue weighted by Crippen LogP contribution is -2.40. The lowest BCUT2D eigenvalue weighted by atomic mass is 9.92. The standard InChI is InChI=1S/C18H25NO4/c1-4-6-7-16(18(21)22)19-17(20)12-13(5-2)14-8-10-15(23-3)11-9-14/h4,6,8-11,13,16H,5,7,12H2,1-3H3,(H,19,20)(H,21,22)/b6-4+. The number of methoxy groups -OCH3 is 1. The molecule has 5 nitrogen and oxygen atoms in total. The van der Waals surface area contributed by atoms with Gasteiger partial charge in [-0.05, 0) is 43.4 Å². The second-order valence-corrected chi connectivity index (χ2v) is 5.35. The van der Waals surface area contributed by atoms with Gasteiger partial charge in [-0.2, -0.15) is 0 Å². The fourth-order valence-electron chi connectivity index (χ4n) is 2.34. The Bertz CT molecular complexity index is 536. The topological polar surface area (TPSA) is 75.6 Å². The predicted molar refractivity (Wildman–Crippen MR) is 89.6 cm³/mol. The Morgan fingerprint density at radius 1 is 1.30 bits per heavy atom. The van der Waals surface area contributed by atoms with E-state index in [9.17, 15) is 9.59 Å². The molecule has 2 atom stereocenters. The number of amides is 1. The van der Waals surface area contributed by atoms with Crippen molar-refractivity contribution >= 4 is 11.9 Å². The van der Waals surface area contributed by atoms with Crippen LogP contribution in [0, 0.1) is 0 Å². The van der Waals surface area contributed by atoms with E-state index in [0.29, 0.717) is 0 Å². The van der Waals surface area contributed by atoms with Crippen LogP contribution < -0.4 is 10.1 Å². The van der Waals surface area contributed by atoms with Gasteiger partial charge in [0, 0.05) is 6.42 Å². The maximum Gasteiger partial charge on any atom is 0.326 e. The molecule has 0 spiro atoms. The van der Waals surface area contributed by atoms with Crippen molar-refractivity contribution < 1.29 is 19.4 Å². The first kappa shape index (κ1) is 18.7. The largest absolute Gasteiger partial charge is 0.497 e. The first-order valence-corrected chi connectivity index (χ1v) is 7.79.